The molecule has 21 heavy (non-hydrogen) atoms. The van der Waals surface area contributed by atoms with Gasteiger partial charge < -0.3 is 15.6 Å². The number of benzene rings is 2. The van der Waals surface area contributed by atoms with Crippen LogP contribution in [0.5, 0.6) is 0 Å². The van der Waals surface area contributed by atoms with Crippen molar-refractivity contribution < 1.29 is 4.39 Å². The minimum absolute atomic E-state index is 0.258. The standard InChI is InChI=1S/C16H15FN4/c17-11-4-5-14-15(8-11)20-16(19-14)21-7-6-10-2-1-3-13(18)12(10)9-21/h1-5,8H,6-7,9,18H2,(H,19,20). The molecule has 0 bridgehead atoms. The van der Waals surface area contributed by atoms with Crippen molar-refractivity contribution in [2.24, 2.45) is 0 Å². The first-order chi connectivity index (χ1) is 10.2. The average molecular weight is 282 g/mol. The molecule has 0 fully saturated rings. The lowest BCUT2D eigenvalue weighted by Gasteiger charge is -2.29. The maximum absolute atomic E-state index is 13.3. The number of rotatable bonds is 1. The third-order valence-corrected chi connectivity index (χ3v) is 4.04. The first-order valence-electron chi connectivity index (χ1n) is 6.97. The van der Waals surface area contributed by atoms with Crippen LogP contribution in [0.15, 0.2) is 36.4 Å². The molecule has 0 unspecified atom stereocenters. The zero-order chi connectivity index (χ0) is 14.4. The van der Waals surface area contributed by atoms with Crippen LogP contribution in [-0.4, -0.2) is 16.5 Å². The molecule has 2 heterocycles. The number of fused-ring (bicyclic) bond motifs is 2. The highest BCUT2D eigenvalue weighted by Crippen LogP contribution is 2.27. The third-order valence-electron chi connectivity index (χ3n) is 4.04. The monoisotopic (exact) mass is 282 g/mol. The molecule has 2 aromatic carbocycles. The van der Waals surface area contributed by atoms with Crippen LogP contribution in [0.4, 0.5) is 16.0 Å². The van der Waals surface area contributed by atoms with E-state index < -0.39 is 0 Å². The molecule has 0 spiro atoms. The number of nitrogens with two attached hydrogens (primary N) is 1. The number of H-pyrrole nitrogens is 1. The summed E-state index contributed by atoms with van der Waals surface area (Å²) in [6.07, 6.45) is 0.936. The molecule has 0 radical (unpaired) electrons. The van der Waals surface area contributed by atoms with E-state index in [2.05, 4.69) is 20.9 Å². The summed E-state index contributed by atoms with van der Waals surface area (Å²) >= 11 is 0. The van der Waals surface area contributed by atoms with Crippen molar-refractivity contribution in [3.05, 3.63) is 53.3 Å². The Morgan fingerprint density at radius 3 is 3.05 bits per heavy atom. The normalized spacial score (nSPS) is 14.4. The predicted octanol–water partition coefficient (Wildman–Crippen LogP) is 2.85. The molecule has 106 valence electrons. The van der Waals surface area contributed by atoms with E-state index in [1.54, 1.807) is 6.07 Å². The lowest BCUT2D eigenvalue weighted by molar-refractivity contribution is 0.629. The van der Waals surface area contributed by atoms with Gasteiger partial charge in [0.2, 0.25) is 5.95 Å². The predicted molar refractivity (Wildman–Crippen MR) is 81.7 cm³/mol. The molecule has 1 aliphatic heterocycles. The Labute approximate surface area is 121 Å². The van der Waals surface area contributed by atoms with Gasteiger partial charge in [-0.25, -0.2) is 9.37 Å². The van der Waals surface area contributed by atoms with Crippen molar-refractivity contribution in [1.29, 1.82) is 0 Å². The van der Waals surface area contributed by atoms with Crippen molar-refractivity contribution in [3.63, 3.8) is 0 Å². The van der Waals surface area contributed by atoms with E-state index in [4.69, 9.17) is 5.73 Å². The summed E-state index contributed by atoms with van der Waals surface area (Å²) in [4.78, 5) is 9.88. The smallest absolute Gasteiger partial charge is 0.204 e. The van der Waals surface area contributed by atoms with Gasteiger partial charge in [0.15, 0.2) is 0 Å². The molecule has 0 amide bonds. The zero-order valence-corrected chi connectivity index (χ0v) is 11.4. The van der Waals surface area contributed by atoms with Gasteiger partial charge in [0.05, 0.1) is 11.0 Å². The highest BCUT2D eigenvalue weighted by atomic mass is 19.1. The fourth-order valence-corrected chi connectivity index (χ4v) is 2.91. The number of halogens is 1. The Hall–Kier alpha value is -2.56. The number of aromatic amines is 1. The first kappa shape index (κ1) is 12.2. The van der Waals surface area contributed by atoms with Gasteiger partial charge in [-0.3, -0.25) is 0 Å². The van der Waals surface area contributed by atoms with E-state index >= 15 is 0 Å². The Bertz CT molecular complexity index is 824. The highest BCUT2D eigenvalue weighted by Gasteiger charge is 2.20. The van der Waals surface area contributed by atoms with E-state index in [9.17, 15) is 4.39 Å². The summed E-state index contributed by atoms with van der Waals surface area (Å²) in [7, 11) is 0. The second kappa shape index (κ2) is 4.48. The Balaban J connectivity index is 1.72. The van der Waals surface area contributed by atoms with E-state index in [-0.39, 0.29) is 5.82 Å². The van der Waals surface area contributed by atoms with Crippen LogP contribution in [-0.2, 0) is 13.0 Å². The molecule has 4 rings (SSSR count). The van der Waals surface area contributed by atoms with E-state index in [0.29, 0.717) is 0 Å². The van der Waals surface area contributed by atoms with Gasteiger partial charge in [0.1, 0.15) is 5.82 Å². The maximum Gasteiger partial charge on any atom is 0.204 e. The minimum atomic E-state index is -0.258. The molecule has 4 nitrogen and oxygen atoms in total. The molecule has 1 aliphatic rings. The van der Waals surface area contributed by atoms with Crippen LogP contribution < -0.4 is 10.6 Å². The van der Waals surface area contributed by atoms with Crippen LogP contribution in [0, 0.1) is 5.82 Å². The number of hydrogen-bond donors (Lipinski definition) is 2. The fraction of sp³-hybridized carbons (Fsp3) is 0.188. The van der Waals surface area contributed by atoms with Crippen molar-refractivity contribution >= 4 is 22.7 Å². The number of nitrogens with zero attached hydrogens (tertiary/aromatic N) is 2. The number of nitrogens with one attached hydrogen (secondary N) is 1. The molecule has 5 heteroatoms. The van der Waals surface area contributed by atoms with Crippen LogP contribution in [0.2, 0.25) is 0 Å². The minimum Gasteiger partial charge on any atom is -0.398 e. The Morgan fingerprint density at radius 2 is 2.14 bits per heavy atom. The fourth-order valence-electron chi connectivity index (χ4n) is 2.91. The number of aromatic nitrogens is 2. The molecule has 3 aromatic rings. The lowest BCUT2D eigenvalue weighted by Crippen LogP contribution is -2.31. The van der Waals surface area contributed by atoms with Gasteiger partial charge in [-0.2, -0.15) is 0 Å². The summed E-state index contributed by atoms with van der Waals surface area (Å²) in [5.74, 6) is 0.510. The number of hydrogen-bond acceptors (Lipinski definition) is 3. The quantitative estimate of drug-likeness (QED) is 0.675. The summed E-state index contributed by atoms with van der Waals surface area (Å²) in [6.45, 7) is 1.60. The number of anilines is 2. The SMILES string of the molecule is Nc1cccc2c1CN(c1nc3ccc(F)cc3[nH]1)CC2. The van der Waals surface area contributed by atoms with Gasteiger partial charge >= 0.3 is 0 Å². The second-order valence-corrected chi connectivity index (χ2v) is 5.38. The van der Waals surface area contributed by atoms with Crippen LogP contribution in [0.25, 0.3) is 11.0 Å². The molecule has 0 saturated carbocycles. The molecule has 1 aromatic heterocycles. The summed E-state index contributed by atoms with van der Waals surface area (Å²) < 4.78 is 13.3. The zero-order valence-electron chi connectivity index (χ0n) is 11.4. The second-order valence-electron chi connectivity index (χ2n) is 5.38. The van der Waals surface area contributed by atoms with Crippen molar-refractivity contribution in [2.45, 2.75) is 13.0 Å². The average Bonchev–Trinajstić information content (AvgIpc) is 2.90. The Kier molecular flexibility index (Phi) is 2.60. The topological polar surface area (TPSA) is 57.9 Å². The van der Waals surface area contributed by atoms with Crippen molar-refractivity contribution in [2.75, 3.05) is 17.2 Å². The maximum atomic E-state index is 13.3. The Morgan fingerprint density at radius 1 is 1.24 bits per heavy atom. The van der Waals surface area contributed by atoms with E-state index in [0.717, 1.165) is 47.7 Å². The van der Waals surface area contributed by atoms with Gasteiger partial charge in [-0.15, -0.1) is 0 Å². The van der Waals surface area contributed by atoms with Gasteiger partial charge in [0.25, 0.3) is 0 Å². The van der Waals surface area contributed by atoms with Gasteiger partial charge in [-0.05, 0) is 41.8 Å². The summed E-state index contributed by atoms with van der Waals surface area (Å²) in [6, 6.07) is 10.6. The van der Waals surface area contributed by atoms with E-state index in [1.807, 2.05) is 12.1 Å². The highest BCUT2D eigenvalue weighted by molar-refractivity contribution is 5.77. The van der Waals surface area contributed by atoms with Gasteiger partial charge in [-0.1, -0.05) is 12.1 Å². The van der Waals surface area contributed by atoms with Crippen molar-refractivity contribution in [1.82, 2.24) is 9.97 Å². The number of nitrogen functional groups attached to an aromatic ring is 1. The molecule has 0 atom stereocenters. The lowest BCUT2D eigenvalue weighted by atomic mass is 9.98. The van der Waals surface area contributed by atoms with Crippen LogP contribution in [0.1, 0.15) is 11.1 Å². The summed E-state index contributed by atoms with van der Waals surface area (Å²) in [5, 5.41) is 0. The third kappa shape index (κ3) is 2.01. The van der Waals surface area contributed by atoms with Crippen LogP contribution >= 0.6 is 0 Å². The molecule has 3 N–H and O–H groups in total. The first-order valence-corrected chi connectivity index (χ1v) is 6.97. The van der Waals surface area contributed by atoms with Crippen LogP contribution in [0.3, 0.4) is 0 Å². The van der Waals surface area contributed by atoms with Gasteiger partial charge in [0, 0.05) is 18.8 Å². The molecule has 0 aliphatic carbocycles. The molecular formula is C16H15FN4. The number of imidazole rings is 1. The van der Waals surface area contributed by atoms with E-state index in [1.165, 1.54) is 17.7 Å². The summed E-state index contributed by atoms with van der Waals surface area (Å²) in [5.41, 5.74) is 10.8. The largest absolute Gasteiger partial charge is 0.398 e. The molecule has 0 saturated heterocycles. The van der Waals surface area contributed by atoms with Crippen molar-refractivity contribution in [3.8, 4) is 0 Å². The molecular weight excluding hydrogens is 267 g/mol.